The van der Waals surface area contributed by atoms with E-state index < -0.39 is 27.7 Å². The number of sulfonamides is 1. The van der Waals surface area contributed by atoms with Gasteiger partial charge in [-0.2, -0.15) is 18.3 Å². The average molecular weight is 451 g/mol. The van der Waals surface area contributed by atoms with Crippen LogP contribution in [0.5, 0.6) is 0 Å². The lowest BCUT2D eigenvalue weighted by atomic mass is 10.2. The standard InChI is InChI=1S/C20H16F3N3O4S/c1-13-8-9-17(30-13)12-24-25-19(27)14-4-2-7-18(10-14)31(28,29)26-16-6-3-5-15(11-16)20(21,22)23/h2-12,26H,1H3,(H,25,27)/b24-12+. The smallest absolute Gasteiger partial charge is 0.416 e. The maximum Gasteiger partial charge on any atom is 0.416 e. The number of nitrogens with one attached hydrogen (secondary N) is 2. The molecule has 11 heteroatoms. The summed E-state index contributed by atoms with van der Waals surface area (Å²) in [5.74, 6) is 0.397. The number of hydrogen-bond acceptors (Lipinski definition) is 5. The summed E-state index contributed by atoms with van der Waals surface area (Å²) in [6.45, 7) is 1.75. The molecule has 3 aromatic rings. The molecule has 0 spiro atoms. The highest BCUT2D eigenvalue weighted by Gasteiger charge is 2.30. The number of rotatable bonds is 6. The zero-order chi connectivity index (χ0) is 22.6. The second-order valence-electron chi connectivity index (χ2n) is 6.36. The van der Waals surface area contributed by atoms with Crippen LogP contribution in [0.2, 0.25) is 0 Å². The van der Waals surface area contributed by atoms with Crippen LogP contribution in [-0.4, -0.2) is 20.5 Å². The lowest BCUT2D eigenvalue weighted by Crippen LogP contribution is -2.19. The minimum absolute atomic E-state index is 0.0142. The Morgan fingerprint density at radius 2 is 1.81 bits per heavy atom. The Labute approximate surface area is 175 Å². The normalized spacial score (nSPS) is 12.1. The topological polar surface area (TPSA) is 101 Å². The first-order chi connectivity index (χ1) is 14.5. The molecular weight excluding hydrogens is 435 g/mol. The summed E-state index contributed by atoms with van der Waals surface area (Å²) >= 11 is 0. The van der Waals surface area contributed by atoms with Crippen molar-refractivity contribution in [3.8, 4) is 0 Å². The summed E-state index contributed by atoms with van der Waals surface area (Å²) in [6, 6.07) is 12.1. The maximum atomic E-state index is 12.8. The molecule has 2 N–H and O–H groups in total. The number of furan rings is 1. The zero-order valence-corrected chi connectivity index (χ0v) is 16.8. The lowest BCUT2D eigenvalue weighted by Gasteiger charge is -2.11. The molecule has 162 valence electrons. The van der Waals surface area contributed by atoms with Crippen LogP contribution in [0.1, 0.15) is 27.4 Å². The highest BCUT2D eigenvalue weighted by atomic mass is 32.2. The van der Waals surface area contributed by atoms with E-state index in [9.17, 15) is 26.4 Å². The van der Waals surface area contributed by atoms with Crippen LogP contribution in [-0.2, 0) is 16.2 Å². The van der Waals surface area contributed by atoms with Crippen LogP contribution in [0.3, 0.4) is 0 Å². The second-order valence-corrected chi connectivity index (χ2v) is 8.04. The van der Waals surface area contributed by atoms with Crippen molar-refractivity contribution in [2.75, 3.05) is 4.72 Å². The van der Waals surface area contributed by atoms with E-state index in [1.807, 2.05) is 0 Å². The van der Waals surface area contributed by atoms with E-state index in [2.05, 4.69) is 15.2 Å². The molecule has 31 heavy (non-hydrogen) atoms. The fraction of sp³-hybridized carbons (Fsp3) is 0.100. The van der Waals surface area contributed by atoms with E-state index in [0.717, 1.165) is 18.2 Å². The van der Waals surface area contributed by atoms with Gasteiger partial charge >= 0.3 is 6.18 Å². The molecule has 1 aromatic heterocycles. The molecule has 0 atom stereocenters. The van der Waals surface area contributed by atoms with Gasteiger partial charge in [-0.05, 0) is 55.5 Å². The molecule has 3 rings (SSSR count). The van der Waals surface area contributed by atoms with Crippen LogP contribution in [0.4, 0.5) is 18.9 Å². The van der Waals surface area contributed by atoms with E-state index in [1.165, 1.54) is 30.5 Å². The molecule has 1 heterocycles. The van der Waals surface area contributed by atoms with E-state index in [-0.39, 0.29) is 16.1 Å². The Morgan fingerprint density at radius 1 is 1.06 bits per heavy atom. The number of carbonyl (C=O) groups excluding carboxylic acids is 1. The van der Waals surface area contributed by atoms with Crippen molar-refractivity contribution in [2.45, 2.75) is 18.0 Å². The Balaban J connectivity index is 1.75. The predicted molar refractivity (Wildman–Crippen MR) is 107 cm³/mol. The van der Waals surface area contributed by atoms with Crippen molar-refractivity contribution in [1.29, 1.82) is 0 Å². The number of amides is 1. The van der Waals surface area contributed by atoms with Gasteiger partial charge in [0.2, 0.25) is 0 Å². The highest BCUT2D eigenvalue weighted by molar-refractivity contribution is 7.92. The third kappa shape index (κ3) is 5.72. The molecule has 0 bridgehead atoms. The number of aryl methyl sites for hydroxylation is 1. The van der Waals surface area contributed by atoms with Crippen molar-refractivity contribution >= 4 is 27.8 Å². The van der Waals surface area contributed by atoms with Gasteiger partial charge in [0.05, 0.1) is 16.7 Å². The average Bonchev–Trinajstić information content (AvgIpc) is 3.12. The molecule has 0 saturated carbocycles. The molecule has 1 amide bonds. The fourth-order valence-electron chi connectivity index (χ4n) is 2.52. The number of hydrazone groups is 1. The number of alkyl halides is 3. The third-order valence-electron chi connectivity index (χ3n) is 3.97. The monoisotopic (exact) mass is 451 g/mol. The van der Waals surface area contributed by atoms with Crippen molar-refractivity contribution in [2.24, 2.45) is 5.10 Å². The van der Waals surface area contributed by atoms with Gasteiger partial charge in [-0.25, -0.2) is 13.8 Å². The lowest BCUT2D eigenvalue weighted by molar-refractivity contribution is -0.137. The molecule has 0 aliphatic rings. The summed E-state index contributed by atoms with van der Waals surface area (Å²) in [5, 5.41) is 3.73. The van der Waals surface area contributed by atoms with E-state index in [4.69, 9.17) is 4.42 Å². The van der Waals surface area contributed by atoms with Crippen LogP contribution in [0.25, 0.3) is 0 Å². The molecule has 7 nitrogen and oxygen atoms in total. The zero-order valence-electron chi connectivity index (χ0n) is 16.0. The highest BCUT2D eigenvalue weighted by Crippen LogP contribution is 2.31. The van der Waals surface area contributed by atoms with Gasteiger partial charge in [0.25, 0.3) is 15.9 Å². The minimum atomic E-state index is -4.62. The molecule has 2 aromatic carbocycles. The second kappa shape index (κ2) is 8.64. The number of carbonyl (C=O) groups is 1. The summed E-state index contributed by atoms with van der Waals surface area (Å²) in [4.78, 5) is 11.9. The summed E-state index contributed by atoms with van der Waals surface area (Å²) < 4.78 is 71.0. The molecule has 0 radical (unpaired) electrons. The largest absolute Gasteiger partial charge is 0.460 e. The molecule has 0 fully saturated rings. The van der Waals surface area contributed by atoms with Gasteiger partial charge in [-0.15, -0.1) is 0 Å². The van der Waals surface area contributed by atoms with Crippen LogP contribution in [0.15, 0.2) is 75.1 Å². The minimum Gasteiger partial charge on any atom is -0.460 e. The Hall–Kier alpha value is -3.60. The number of nitrogens with zero attached hydrogens (tertiary/aromatic N) is 1. The van der Waals surface area contributed by atoms with Crippen LogP contribution >= 0.6 is 0 Å². The first-order valence-electron chi connectivity index (χ1n) is 8.74. The van der Waals surface area contributed by atoms with Crippen molar-refractivity contribution in [3.05, 3.63) is 83.3 Å². The Bertz CT molecular complexity index is 1230. The summed E-state index contributed by atoms with van der Waals surface area (Å²) in [7, 11) is -4.24. The van der Waals surface area contributed by atoms with Crippen LogP contribution < -0.4 is 10.1 Å². The van der Waals surface area contributed by atoms with E-state index in [1.54, 1.807) is 19.1 Å². The van der Waals surface area contributed by atoms with E-state index >= 15 is 0 Å². The summed E-state index contributed by atoms with van der Waals surface area (Å²) in [5.41, 5.74) is 0.969. The van der Waals surface area contributed by atoms with Gasteiger partial charge in [0.15, 0.2) is 0 Å². The first kappa shape index (κ1) is 22.1. The van der Waals surface area contributed by atoms with Gasteiger partial charge in [-0.1, -0.05) is 12.1 Å². The fourth-order valence-corrected chi connectivity index (χ4v) is 3.61. The van der Waals surface area contributed by atoms with Crippen molar-refractivity contribution in [3.63, 3.8) is 0 Å². The Morgan fingerprint density at radius 3 is 2.48 bits per heavy atom. The number of anilines is 1. The van der Waals surface area contributed by atoms with Gasteiger partial charge < -0.3 is 4.42 Å². The molecule has 0 saturated heterocycles. The molecule has 0 aliphatic heterocycles. The third-order valence-corrected chi connectivity index (χ3v) is 5.35. The van der Waals surface area contributed by atoms with E-state index in [0.29, 0.717) is 17.6 Å². The maximum absolute atomic E-state index is 12.8. The number of hydrogen-bond donors (Lipinski definition) is 2. The van der Waals surface area contributed by atoms with Crippen molar-refractivity contribution < 1.29 is 30.8 Å². The van der Waals surface area contributed by atoms with Gasteiger partial charge in [0, 0.05) is 11.3 Å². The van der Waals surface area contributed by atoms with Gasteiger partial charge in [-0.3, -0.25) is 9.52 Å². The first-order valence-corrected chi connectivity index (χ1v) is 10.2. The predicted octanol–water partition coefficient (Wildman–Crippen LogP) is 4.17. The van der Waals surface area contributed by atoms with Gasteiger partial charge in [0.1, 0.15) is 11.5 Å². The quantitative estimate of drug-likeness (QED) is 0.434. The molecule has 0 aliphatic carbocycles. The number of benzene rings is 2. The molecule has 0 unspecified atom stereocenters. The number of halogens is 3. The Kier molecular flexibility index (Phi) is 6.16. The summed E-state index contributed by atoms with van der Waals surface area (Å²) in [6.07, 6.45) is -3.34. The SMILES string of the molecule is Cc1ccc(/C=N/NC(=O)c2cccc(S(=O)(=O)Nc3cccc(C(F)(F)F)c3)c2)o1. The molecular formula is C20H16F3N3O4S. The van der Waals surface area contributed by atoms with Crippen LogP contribution in [0, 0.1) is 6.92 Å². The van der Waals surface area contributed by atoms with Crippen molar-refractivity contribution in [1.82, 2.24) is 5.43 Å².